The van der Waals surface area contributed by atoms with Crippen molar-refractivity contribution in [1.82, 2.24) is 19.6 Å². The molecule has 2 heterocycles. The number of rotatable bonds is 9. The Bertz CT molecular complexity index is 1500. The second-order valence-corrected chi connectivity index (χ2v) is 11.3. The van der Waals surface area contributed by atoms with Gasteiger partial charge in [0.05, 0.1) is 4.90 Å². The number of aromatic nitrogens is 2. The Hall–Kier alpha value is -4.05. The summed E-state index contributed by atoms with van der Waals surface area (Å²) in [5.74, 6) is -3.77. The molecular formula is C26H27F5N6O4S. The summed E-state index contributed by atoms with van der Waals surface area (Å²) in [4.78, 5) is 22.7. The van der Waals surface area contributed by atoms with E-state index in [0.717, 1.165) is 28.6 Å². The summed E-state index contributed by atoms with van der Waals surface area (Å²) in [7, 11) is -4.37. The summed E-state index contributed by atoms with van der Waals surface area (Å²) in [5.41, 5.74) is 6.08. The van der Waals surface area contributed by atoms with Crippen molar-refractivity contribution in [3.8, 4) is 5.75 Å². The van der Waals surface area contributed by atoms with Crippen molar-refractivity contribution in [2.24, 2.45) is 0 Å². The van der Waals surface area contributed by atoms with Gasteiger partial charge in [-0.15, -0.1) is 13.2 Å². The molecule has 3 aromatic rings. The molecule has 0 saturated carbocycles. The fourth-order valence-electron chi connectivity index (χ4n) is 4.34. The number of alkyl halides is 5. The third kappa shape index (κ3) is 7.23. The van der Waals surface area contributed by atoms with Gasteiger partial charge < -0.3 is 20.7 Å². The molecule has 1 aliphatic heterocycles. The number of anilines is 2. The number of hydrogen-bond donors (Lipinski definition) is 2. The summed E-state index contributed by atoms with van der Waals surface area (Å²) in [5, 5.41) is 2.65. The van der Waals surface area contributed by atoms with Crippen molar-refractivity contribution in [2.75, 3.05) is 30.3 Å². The average molecular weight is 615 g/mol. The second-order valence-electron chi connectivity index (χ2n) is 9.37. The van der Waals surface area contributed by atoms with Crippen LogP contribution in [0, 0.1) is 0 Å². The number of sulfonamides is 1. The van der Waals surface area contributed by atoms with Gasteiger partial charge in [0.2, 0.25) is 15.9 Å². The topological polar surface area (TPSA) is 131 Å². The summed E-state index contributed by atoms with van der Waals surface area (Å²) in [6.07, 6.45) is -4.11. The van der Waals surface area contributed by atoms with Crippen LogP contribution in [-0.2, 0) is 27.3 Å². The zero-order valence-electron chi connectivity index (χ0n) is 22.2. The number of nitrogens with one attached hydrogen (secondary N) is 1. The molecule has 0 spiro atoms. The van der Waals surface area contributed by atoms with Crippen LogP contribution in [-0.4, -0.2) is 60.6 Å². The van der Waals surface area contributed by atoms with Crippen molar-refractivity contribution >= 4 is 27.6 Å². The van der Waals surface area contributed by atoms with E-state index in [2.05, 4.69) is 20.0 Å². The largest absolute Gasteiger partial charge is 0.573 e. The van der Waals surface area contributed by atoms with E-state index in [1.165, 1.54) is 43.6 Å². The van der Waals surface area contributed by atoms with E-state index >= 15 is 0 Å². The molecule has 0 bridgehead atoms. The van der Waals surface area contributed by atoms with Crippen LogP contribution in [0.3, 0.4) is 0 Å². The molecule has 0 radical (unpaired) electrons. The number of amides is 1. The number of benzene rings is 2. The number of halogens is 5. The summed E-state index contributed by atoms with van der Waals surface area (Å²) in [6, 6.07) is 9.20. The quantitative estimate of drug-likeness (QED) is 0.350. The third-order valence-corrected chi connectivity index (χ3v) is 8.51. The Morgan fingerprint density at radius 3 is 2.31 bits per heavy atom. The van der Waals surface area contributed by atoms with Crippen molar-refractivity contribution < 1.29 is 39.9 Å². The van der Waals surface area contributed by atoms with Crippen molar-refractivity contribution in [2.45, 2.75) is 43.1 Å². The lowest BCUT2D eigenvalue weighted by Crippen LogP contribution is -2.60. The van der Waals surface area contributed by atoms with Crippen LogP contribution in [0.25, 0.3) is 0 Å². The fraction of sp³-hybridized carbons (Fsp3) is 0.346. The van der Waals surface area contributed by atoms with E-state index in [0.29, 0.717) is 11.4 Å². The molecule has 226 valence electrons. The lowest BCUT2D eigenvalue weighted by molar-refractivity contribution is -0.274. The highest BCUT2D eigenvalue weighted by atomic mass is 32.2. The minimum atomic E-state index is -4.96. The van der Waals surface area contributed by atoms with Gasteiger partial charge >= 0.3 is 6.36 Å². The second kappa shape index (κ2) is 12.1. The molecule has 2 aromatic carbocycles. The minimum absolute atomic E-state index is 0.0782. The highest BCUT2D eigenvalue weighted by Crippen LogP contribution is 2.31. The lowest BCUT2D eigenvalue weighted by atomic mass is 10.0. The highest BCUT2D eigenvalue weighted by molar-refractivity contribution is 7.89. The van der Waals surface area contributed by atoms with Crippen LogP contribution in [0.15, 0.2) is 65.8 Å². The van der Waals surface area contributed by atoms with Crippen LogP contribution < -0.4 is 20.7 Å². The SMILES string of the molecule is CCC(F)(F)c1ccc(CNC(=O)[C@H]2CN(c3cc(N)ncn3)CCN2S(=O)(=O)c2ccc(OC(F)(F)F)cc2)cc1. The van der Waals surface area contributed by atoms with E-state index in [9.17, 15) is 35.2 Å². The first-order chi connectivity index (χ1) is 19.7. The number of nitrogen functional groups attached to an aromatic ring is 1. The van der Waals surface area contributed by atoms with Gasteiger partial charge in [-0.05, 0) is 29.8 Å². The van der Waals surface area contributed by atoms with E-state index in [-0.39, 0.29) is 48.9 Å². The number of nitrogens with two attached hydrogens (primary N) is 1. The normalized spacial score (nSPS) is 16.7. The Kier molecular flexibility index (Phi) is 8.87. The lowest BCUT2D eigenvalue weighted by Gasteiger charge is -2.40. The average Bonchev–Trinajstić information content (AvgIpc) is 2.95. The maximum atomic E-state index is 14.0. The number of piperazine rings is 1. The molecule has 0 unspecified atom stereocenters. The van der Waals surface area contributed by atoms with Gasteiger partial charge in [-0.3, -0.25) is 4.79 Å². The molecule has 10 nitrogen and oxygen atoms in total. The summed E-state index contributed by atoms with van der Waals surface area (Å²) in [6.45, 7) is 1.08. The molecule has 42 heavy (non-hydrogen) atoms. The van der Waals surface area contributed by atoms with Gasteiger partial charge in [-0.1, -0.05) is 31.2 Å². The van der Waals surface area contributed by atoms with Gasteiger partial charge in [0.15, 0.2) is 0 Å². The fourth-order valence-corrected chi connectivity index (χ4v) is 5.91. The van der Waals surface area contributed by atoms with Gasteiger partial charge in [-0.2, -0.15) is 4.31 Å². The molecule has 1 aliphatic rings. The predicted octanol–water partition coefficient (Wildman–Crippen LogP) is 3.66. The standard InChI is InChI=1S/C26H27F5N6O4S/c1-2-25(27,28)18-5-3-17(4-6-18)14-33-24(38)21-15-36(23-13-22(32)34-16-35-23)11-12-37(21)42(39,40)20-9-7-19(8-10-20)41-26(29,30)31/h3-10,13,16,21H,2,11-12,14-15H2,1H3,(H,33,38)(H2,32,34,35)/t21-/m1/s1. The van der Waals surface area contributed by atoms with Gasteiger partial charge in [0.25, 0.3) is 5.92 Å². The molecule has 1 amide bonds. The minimum Gasteiger partial charge on any atom is -0.406 e. The van der Waals surface area contributed by atoms with E-state index in [1.807, 2.05) is 0 Å². The molecule has 1 fully saturated rings. The number of carbonyl (C=O) groups is 1. The molecule has 16 heteroatoms. The van der Waals surface area contributed by atoms with Crippen LogP contribution in [0.5, 0.6) is 5.75 Å². The molecule has 0 aliphatic carbocycles. The number of nitrogens with zero attached hydrogens (tertiary/aromatic N) is 4. The molecule has 1 saturated heterocycles. The van der Waals surface area contributed by atoms with Crippen molar-refractivity contribution in [3.05, 3.63) is 72.1 Å². The number of hydrogen-bond acceptors (Lipinski definition) is 8. The molecule has 1 aromatic heterocycles. The first-order valence-electron chi connectivity index (χ1n) is 12.6. The summed E-state index contributed by atoms with van der Waals surface area (Å²) >= 11 is 0. The maximum Gasteiger partial charge on any atom is 0.573 e. The molecule has 4 rings (SSSR count). The van der Waals surface area contributed by atoms with Crippen LogP contribution in [0.2, 0.25) is 0 Å². The first-order valence-corrected chi connectivity index (χ1v) is 14.1. The van der Waals surface area contributed by atoms with Crippen molar-refractivity contribution in [1.29, 1.82) is 0 Å². The Balaban J connectivity index is 1.57. The van der Waals surface area contributed by atoms with E-state index in [1.54, 1.807) is 4.90 Å². The van der Waals surface area contributed by atoms with Crippen LogP contribution in [0.1, 0.15) is 24.5 Å². The highest BCUT2D eigenvalue weighted by Gasteiger charge is 2.41. The maximum absolute atomic E-state index is 14.0. The van der Waals surface area contributed by atoms with Crippen LogP contribution in [0.4, 0.5) is 33.6 Å². The monoisotopic (exact) mass is 614 g/mol. The smallest absolute Gasteiger partial charge is 0.406 e. The molecule has 3 N–H and O–H groups in total. The zero-order valence-corrected chi connectivity index (χ0v) is 23.0. The molecule has 1 atom stereocenters. The summed E-state index contributed by atoms with van der Waals surface area (Å²) < 4.78 is 97.5. The van der Waals surface area contributed by atoms with Gasteiger partial charge in [0.1, 0.15) is 29.8 Å². The number of ether oxygens (including phenoxy) is 1. The van der Waals surface area contributed by atoms with Gasteiger partial charge in [0, 0.05) is 44.2 Å². The van der Waals surface area contributed by atoms with E-state index in [4.69, 9.17) is 5.73 Å². The first kappa shape index (κ1) is 30.9. The van der Waals surface area contributed by atoms with Crippen molar-refractivity contribution in [3.63, 3.8) is 0 Å². The Labute approximate surface area is 238 Å². The number of carbonyl (C=O) groups excluding carboxylic acids is 1. The third-order valence-electron chi connectivity index (χ3n) is 6.58. The molecular weight excluding hydrogens is 587 g/mol. The zero-order chi connectivity index (χ0) is 30.7. The van der Waals surface area contributed by atoms with Crippen LogP contribution >= 0.6 is 0 Å². The predicted molar refractivity (Wildman–Crippen MR) is 142 cm³/mol. The Morgan fingerprint density at radius 2 is 1.71 bits per heavy atom. The van der Waals surface area contributed by atoms with Gasteiger partial charge in [-0.25, -0.2) is 27.2 Å². The van der Waals surface area contributed by atoms with E-state index < -0.39 is 40.0 Å². The Morgan fingerprint density at radius 1 is 1.05 bits per heavy atom.